The molecular weight excluding hydrogens is 286 g/mol. The van der Waals surface area contributed by atoms with Crippen molar-refractivity contribution >= 4 is 17.2 Å². The van der Waals surface area contributed by atoms with Crippen LogP contribution in [0.1, 0.15) is 39.6 Å². The van der Waals surface area contributed by atoms with Crippen LogP contribution in [0.3, 0.4) is 0 Å². The van der Waals surface area contributed by atoms with E-state index in [0.29, 0.717) is 18.8 Å². The predicted molar refractivity (Wildman–Crippen MR) is 83.0 cm³/mol. The van der Waals surface area contributed by atoms with Gasteiger partial charge in [0.15, 0.2) is 0 Å². The maximum atomic E-state index is 12.0. The van der Waals surface area contributed by atoms with E-state index in [1.165, 1.54) is 11.3 Å². The summed E-state index contributed by atoms with van der Waals surface area (Å²) in [5.74, 6) is -0.185. The molecule has 0 aliphatic heterocycles. The number of nitrogens with zero attached hydrogens (tertiary/aromatic N) is 1. The van der Waals surface area contributed by atoms with Crippen LogP contribution in [0.5, 0.6) is 0 Å². The highest BCUT2D eigenvalue weighted by Gasteiger charge is 2.12. The molecule has 1 unspecified atom stereocenters. The number of methoxy groups -OCH3 is 1. The molecular formula is C15H19N3O2S. The Balaban J connectivity index is 1.95. The molecule has 21 heavy (non-hydrogen) atoms. The SMILES string of the molecule is COCc1cccc(CNC(=O)c2csc(C(C)N)n2)c1. The van der Waals surface area contributed by atoms with Gasteiger partial charge in [0.1, 0.15) is 10.7 Å². The molecule has 1 amide bonds. The highest BCUT2D eigenvalue weighted by molar-refractivity contribution is 7.09. The molecule has 0 radical (unpaired) electrons. The second kappa shape index (κ2) is 7.31. The zero-order valence-corrected chi connectivity index (χ0v) is 12.9. The lowest BCUT2D eigenvalue weighted by molar-refractivity contribution is 0.0946. The second-order valence-corrected chi connectivity index (χ2v) is 5.68. The van der Waals surface area contributed by atoms with Gasteiger partial charge in [0, 0.05) is 19.0 Å². The minimum atomic E-state index is -0.185. The van der Waals surface area contributed by atoms with Crippen LogP contribution < -0.4 is 11.1 Å². The van der Waals surface area contributed by atoms with Crippen LogP contribution in [0.4, 0.5) is 0 Å². The van der Waals surface area contributed by atoms with E-state index < -0.39 is 0 Å². The topological polar surface area (TPSA) is 77.2 Å². The average molecular weight is 305 g/mol. The van der Waals surface area contributed by atoms with E-state index in [4.69, 9.17) is 10.5 Å². The monoisotopic (exact) mass is 305 g/mol. The van der Waals surface area contributed by atoms with Crippen LogP contribution in [0.25, 0.3) is 0 Å². The van der Waals surface area contributed by atoms with Gasteiger partial charge >= 0.3 is 0 Å². The lowest BCUT2D eigenvalue weighted by atomic mass is 10.1. The fourth-order valence-electron chi connectivity index (χ4n) is 1.87. The molecule has 5 nitrogen and oxygen atoms in total. The first-order chi connectivity index (χ1) is 10.1. The van der Waals surface area contributed by atoms with E-state index in [0.717, 1.165) is 16.1 Å². The van der Waals surface area contributed by atoms with Gasteiger partial charge in [-0.2, -0.15) is 0 Å². The summed E-state index contributed by atoms with van der Waals surface area (Å²) < 4.78 is 5.10. The minimum absolute atomic E-state index is 0.151. The molecule has 3 N–H and O–H groups in total. The van der Waals surface area contributed by atoms with Gasteiger partial charge in [0.05, 0.1) is 12.6 Å². The molecule has 1 aromatic heterocycles. The molecule has 0 saturated heterocycles. The third-order valence-corrected chi connectivity index (χ3v) is 3.95. The Bertz CT molecular complexity index is 610. The molecule has 0 aliphatic rings. The molecule has 1 heterocycles. The van der Waals surface area contributed by atoms with Gasteiger partial charge in [0.25, 0.3) is 5.91 Å². The lowest BCUT2D eigenvalue weighted by Crippen LogP contribution is -2.23. The minimum Gasteiger partial charge on any atom is -0.380 e. The number of amides is 1. The Labute approximate surface area is 128 Å². The normalized spacial score (nSPS) is 12.1. The smallest absolute Gasteiger partial charge is 0.271 e. The second-order valence-electron chi connectivity index (χ2n) is 4.80. The van der Waals surface area contributed by atoms with Gasteiger partial charge < -0.3 is 15.8 Å². The lowest BCUT2D eigenvalue weighted by Gasteiger charge is -2.06. The highest BCUT2D eigenvalue weighted by Crippen LogP contribution is 2.15. The van der Waals surface area contributed by atoms with Gasteiger partial charge in [-0.05, 0) is 18.1 Å². The first-order valence-corrected chi connectivity index (χ1v) is 7.54. The number of thiazole rings is 1. The Morgan fingerprint density at radius 3 is 2.90 bits per heavy atom. The molecule has 0 fully saturated rings. The van der Waals surface area contributed by atoms with E-state index in [2.05, 4.69) is 10.3 Å². The third kappa shape index (κ3) is 4.35. The maximum Gasteiger partial charge on any atom is 0.271 e. The summed E-state index contributed by atoms with van der Waals surface area (Å²) in [5, 5.41) is 5.36. The molecule has 0 aliphatic carbocycles. The number of carbonyl (C=O) groups excluding carboxylic acids is 1. The standard InChI is InChI=1S/C15H19N3O2S/c1-10(16)15-18-13(9-21-15)14(19)17-7-11-4-3-5-12(6-11)8-20-2/h3-6,9-10H,7-8,16H2,1-2H3,(H,17,19). The van der Waals surface area contributed by atoms with Crippen molar-refractivity contribution in [2.45, 2.75) is 26.1 Å². The van der Waals surface area contributed by atoms with Crippen LogP contribution in [0.2, 0.25) is 0 Å². The van der Waals surface area contributed by atoms with Crippen molar-refractivity contribution < 1.29 is 9.53 Å². The van der Waals surface area contributed by atoms with Crippen molar-refractivity contribution in [3.63, 3.8) is 0 Å². The van der Waals surface area contributed by atoms with Gasteiger partial charge in [-0.25, -0.2) is 4.98 Å². The summed E-state index contributed by atoms with van der Waals surface area (Å²) in [7, 11) is 1.66. The number of nitrogens with two attached hydrogens (primary N) is 1. The van der Waals surface area contributed by atoms with Crippen molar-refractivity contribution in [2.24, 2.45) is 5.73 Å². The average Bonchev–Trinajstić information content (AvgIpc) is 2.96. The third-order valence-electron chi connectivity index (χ3n) is 2.90. The zero-order valence-electron chi connectivity index (χ0n) is 12.1. The number of hydrogen-bond acceptors (Lipinski definition) is 5. The van der Waals surface area contributed by atoms with Gasteiger partial charge in [-0.15, -0.1) is 11.3 Å². The Morgan fingerprint density at radius 1 is 1.48 bits per heavy atom. The van der Waals surface area contributed by atoms with Crippen LogP contribution in [0.15, 0.2) is 29.6 Å². The maximum absolute atomic E-state index is 12.0. The Hall–Kier alpha value is -1.76. The Morgan fingerprint density at radius 2 is 2.24 bits per heavy atom. The van der Waals surface area contributed by atoms with Gasteiger partial charge in [0.2, 0.25) is 0 Å². The van der Waals surface area contributed by atoms with E-state index in [9.17, 15) is 4.79 Å². The van der Waals surface area contributed by atoms with E-state index in [1.807, 2.05) is 31.2 Å². The summed E-state index contributed by atoms with van der Waals surface area (Å²) in [5.41, 5.74) is 8.27. The number of carbonyl (C=O) groups is 1. The highest BCUT2D eigenvalue weighted by atomic mass is 32.1. The van der Waals surface area contributed by atoms with Crippen LogP contribution >= 0.6 is 11.3 Å². The molecule has 1 aromatic carbocycles. The van der Waals surface area contributed by atoms with Crippen molar-refractivity contribution in [1.29, 1.82) is 0 Å². The molecule has 2 aromatic rings. The van der Waals surface area contributed by atoms with E-state index >= 15 is 0 Å². The molecule has 2 rings (SSSR count). The number of hydrogen-bond donors (Lipinski definition) is 2. The predicted octanol–water partition coefficient (Wildman–Crippen LogP) is 2.24. The number of aromatic nitrogens is 1. The van der Waals surface area contributed by atoms with Gasteiger partial charge in [-0.1, -0.05) is 24.3 Å². The fraction of sp³-hybridized carbons (Fsp3) is 0.333. The summed E-state index contributed by atoms with van der Waals surface area (Å²) in [4.78, 5) is 16.3. The quantitative estimate of drug-likeness (QED) is 0.858. The molecule has 112 valence electrons. The van der Waals surface area contributed by atoms with Crippen LogP contribution in [0, 0.1) is 0 Å². The number of nitrogens with one attached hydrogen (secondary N) is 1. The molecule has 0 saturated carbocycles. The van der Waals surface area contributed by atoms with E-state index in [1.54, 1.807) is 12.5 Å². The van der Waals surface area contributed by atoms with E-state index in [-0.39, 0.29) is 11.9 Å². The largest absolute Gasteiger partial charge is 0.380 e. The summed E-state index contributed by atoms with van der Waals surface area (Å²) in [6.45, 7) is 2.87. The number of rotatable bonds is 6. The van der Waals surface area contributed by atoms with Gasteiger partial charge in [-0.3, -0.25) is 4.79 Å². The number of ether oxygens (including phenoxy) is 1. The molecule has 6 heteroatoms. The van der Waals surface area contributed by atoms with Crippen molar-refractivity contribution in [1.82, 2.24) is 10.3 Å². The fourth-order valence-corrected chi connectivity index (χ4v) is 2.63. The van der Waals surface area contributed by atoms with Crippen molar-refractivity contribution in [3.05, 3.63) is 51.5 Å². The number of benzene rings is 1. The summed E-state index contributed by atoms with van der Waals surface area (Å²) >= 11 is 1.40. The molecule has 0 bridgehead atoms. The first-order valence-electron chi connectivity index (χ1n) is 6.66. The Kier molecular flexibility index (Phi) is 5.44. The molecule has 0 spiro atoms. The summed E-state index contributed by atoms with van der Waals surface area (Å²) in [6, 6.07) is 7.77. The molecule has 1 atom stereocenters. The first kappa shape index (κ1) is 15.6. The summed E-state index contributed by atoms with van der Waals surface area (Å²) in [6.07, 6.45) is 0. The van der Waals surface area contributed by atoms with Crippen molar-refractivity contribution in [2.75, 3.05) is 7.11 Å². The zero-order chi connectivity index (χ0) is 15.2. The van der Waals surface area contributed by atoms with Crippen LogP contribution in [-0.4, -0.2) is 18.0 Å². The van der Waals surface area contributed by atoms with Crippen molar-refractivity contribution in [3.8, 4) is 0 Å². The van der Waals surface area contributed by atoms with Crippen LogP contribution in [-0.2, 0) is 17.9 Å².